The van der Waals surface area contributed by atoms with Crippen LogP contribution >= 0.6 is 0 Å². The van der Waals surface area contributed by atoms with Crippen LogP contribution in [0.2, 0.25) is 0 Å². The van der Waals surface area contributed by atoms with Crippen molar-refractivity contribution in [3.8, 4) is 5.75 Å². The molecule has 1 amide bonds. The first-order valence-electron chi connectivity index (χ1n) is 13.8. The van der Waals surface area contributed by atoms with Gasteiger partial charge in [0.15, 0.2) is 5.60 Å². The second-order valence-corrected chi connectivity index (χ2v) is 12.1. The number of likely N-dealkylation sites (N-methyl/N-ethyl adjacent to an activating group) is 1. The minimum atomic E-state index is -4.20. The number of alkyl halides is 3. The lowest BCUT2D eigenvalue weighted by molar-refractivity contribution is -0.185. The fraction of sp³-hybridized carbons (Fsp3) is 0.533. The number of piperidine rings is 1. The van der Waals surface area contributed by atoms with Gasteiger partial charge in [-0.2, -0.15) is 13.2 Å². The minimum absolute atomic E-state index is 0.0280. The number of phenols is 1. The maximum absolute atomic E-state index is 13.6. The topological polar surface area (TPSA) is 127 Å². The third-order valence-electron chi connectivity index (χ3n) is 9.60. The van der Waals surface area contributed by atoms with Crippen LogP contribution in [0.25, 0.3) is 5.57 Å². The number of aliphatic hydroxyl groups excluding tert-OH is 1. The van der Waals surface area contributed by atoms with Gasteiger partial charge >= 0.3 is 6.18 Å². The van der Waals surface area contributed by atoms with Gasteiger partial charge in [0.2, 0.25) is 5.78 Å². The summed E-state index contributed by atoms with van der Waals surface area (Å²) in [4.78, 5) is 29.6. The van der Waals surface area contributed by atoms with Crippen LogP contribution < -0.4 is 5.73 Å². The Hall–Kier alpha value is -3.15. The molecule has 222 valence electrons. The van der Waals surface area contributed by atoms with Crippen molar-refractivity contribution in [3.63, 3.8) is 0 Å². The lowest BCUT2D eigenvalue weighted by Gasteiger charge is -2.51. The number of hydrogen-bond acceptors (Lipinski definition) is 7. The number of aliphatic hydroxyl groups is 2. The molecule has 4 aliphatic rings. The molecule has 1 heterocycles. The summed E-state index contributed by atoms with van der Waals surface area (Å²) in [5.74, 6) is -5.08. The number of carbonyl (C=O) groups is 2. The standard InChI is InChI=1S/C30H36F3N3O5/c1-14-22-17(12-20-25(35(3)4)15(2)24(28(34)40)27(39)29(20,41)26(22)38)11-19-16(5-6-21(37)23(14)19)13-36-9-7-18(8-10-36)30(31,32)33/h5-6,17-18,20,25,37-38,41H,1,7-13H2,2-4H3,(H2,34,40)/t17-,20-,25?,29-/m0/s1. The Morgan fingerprint density at radius 2 is 1.85 bits per heavy atom. The summed E-state index contributed by atoms with van der Waals surface area (Å²) in [5, 5.41) is 34.3. The van der Waals surface area contributed by atoms with Gasteiger partial charge in [-0.25, -0.2) is 0 Å². The molecule has 3 aliphatic carbocycles. The number of likely N-dealkylation sites (tertiary alicyclic amines) is 1. The number of hydrogen-bond donors (Lipinski definition) is 4. The SMILES string of the molecule is C=C1C2=C(O)[C@]3(O)C(=O)C(C(N)=O)=C(C)C(N(C)C)[C@@H]3C[C@@H]2Cc2c(CN3CCC(C(F)(F)F)CC3)ccc(O)c21. The van der Waals surface area contributed by atoms with E-state index in [1.54, 1.807) is 32.0 Å². The number of nitrogens with two attached hydrogens (primary N) is 1. The third kappa shape index (κ3) is 4.49. The highest BCUT2D eigenvalue weighted by atomic mass is 19.4. The largest absolute Gasteiger partial charge is 0.508 e. The van der Waals surface area contributed by atoms with E-state index in [-0.39, 0.29) is 47.6 Å². The second-order valence-electron chi connectivity index (χ2n) is 12.1. The van der Waals surface area contributed by atoms with E-state index >= 15 is 0 Å². The van der Waals surface area contributed by atoms with E-state index in [9.17, 15) is 38.1 Å². The number of aromatic hydroxyl groups is 1. The molecule has 5 N–H and O–H groups in total. The number of carbonyl (C=O) groups excluding carboxylic acids is 2. The number of ketones is 1. The molecule has 1 fully saturated rings. The van der Waals surface area contributed by atoms with Gasteiger partial charge < -0.3 is 26.0 Å². The Kier molecular flexibility index (Phi) is 7.15. The van der Waals surface area contributed by atoms with Crippen LogP contribution in [0.5, 0.6) is 5.75 Å². The van der Waals surface area contributed by atoms with Crippen molar-refractivity contribution in [1.82, 2.24) is 9.80 Å². The zero-order valence-corrected chi connectivity index (χ0v) is 23.4. The fourth-order valence-electron chi connectivity index (χ4n) is 7.69. The Labute approximate surface area is 236 Å². The molecule has 41 heavy (non-hydrogen) atoms. The molecule has 1 aliphatic heterocycles. The molecule has 4 atom stereocenters. The Balaban J connectivity index is 1.54. The van der Waals surface area contributed by atoms with Crippen LogP contribution in [0.4, 0.5) is 13.2 Å². The van der Waals surface area contributed by atoms with Crippen LogP contribution in [0, 0.1) is 17.8 Å². The lowest BCUT2D eigenvalue weighted by atomic mass is 9.57. The molecule has 0 aromatic heterocycles. The van der Waals surface area contributed by atoms with Gasteiger partial charge in [0, 0.05) is 29.6 Å². The highest BCUT2D eigenvalue weighted by Gasteiger charge is 2.61. The Morgan fingerprint density at radius 1 is 1.22 bits per heavy atom. The summed E-state index contributed by atoms with van der Waals surface area (Å²) in [7, 11) is 3.51. The van der Waals surface area contributed by atoms with Gasteiger partial charge in [-0.05, 0) is 94.0 Å². The Bertz CT molecular complexity index is 1390. The molecule has 5 rings (SSSR count). The van der Waals surface area contributed by atoms with E-state index in [0.717, 1.165) is 11.1 Å². The molecule has 1 aromatic carbocycles. The van der Waals surface area contributed by atoms with E-state index in [4.69, 9.17) is 5.73 Å². The second kappa shape index (κ2) is 9.99. The highest BCUT2D eigenvalue weighted by Crippen LogP contribution is 2.55. The van der Waals surface area contributed by atoms with Crippen LogP contribution in [0.1, 0.15) is 42.9 Å². The molecule has 1 aromatic rings. The number of nitrogens with zero attached hydrogens (tertiary/aromatic N) is 2. The zero-order chi connectivity index (χ0) is 30.2. The number of amides is 1. The number of phenolic OH excluding ortho intramolecular Hbond substituents is 1. The Morgan fingerprint density at radius 3 is 2.41 bits per heavy atom. The summed E-state index contributed by atoms with van der Waals surface area (Å²) < 4.78 is 39.5. The summed E-state index contributed by atoms with van der Waals surface area (Å²) in [6.07, 6.45) is -3.51. The average Bonchev–Trinajstić information content (AvgIpc) is 2.87. The smallest absolute Gasteiger partial charge is 0.391 e. The molecule has 1 unspecified atom stereocenters. The van der Waals surface area contributed by atoms with Crippen molar-refractivity contribution in [2.45, 2.75) is 57.0 Å². The number of halogens is 3. The normalized spacial score (nSPS) is 29.5. The first-order chi connectivity index (χ1) is 19.1. The molecule has 0 saturated carbocycles. The van der Waals surface area contributed by atoms with Crippen molar-refractivity contribution in [2.24, 2.45) is 23.5 Å². The number of primary amides is 1. The van der Waals surface area contributed by atoms with E-state index in [1.807, 2.05) is 4.90 Å². The van der Waals surface area contributed by atoms with E-state index in [0.29, 0.717) is 37.2 Å². The lowest BCUT2D eigenvalue weighted by Crippen LogP contribution is -2.63. The van der Waals surface area contributed by atoms with Crippen LogP contribution in [0.3, 0.4) is 0 Å². The molecule has 0 spiro atoms. The van der Waals surface area contributed by atoms with Crippen LogP contribution in [0.15, 0.2) is 41.2 Å². The van der Waals surface area contributed by atoms with E-state index < -0.39 is 47.1 Å². The molecule has 11 heteroatoms. The van der Waals surface area contributed by atoms with E-state index in [1.165, 1.54) is 6.07 Å². The number of rotatable bonds is 4. The number of fused-ring (bicyclic) bond motifs is 3. The van der Waals surface area contributed by atoms with Gasteiger partial charge in [-0.15, -0.1) is 0 Å². The summed E-state index contributed by atoms with van der Waals surface area (Å²) in [5.41, 5.74) is 5.75. The van der Waals surface area contributed by atoms with E-state index in [2.05, 4.69) is 6.58 Å². The van der Waals surface area contributed by atoms with Crippen LogP contribution in [-0.2, 0) is 22.6 Å². The molecule has 8 nitrogen and oxygen atoms in total. The van der Waals surface area contributed by atoms with Crippen molar-refractivity contribution < 1.29 is 38.1 Å². The van der Waals surface area contributed by atoms with Crippen molar-refractivity contribution in [1.29, 1.82) is 0 Å². The van der Waals surface area contributed by atoms with Crippen molar-refractivity contribution >= 4 is 17.3 Å². The first kappa shape index (κ1) is 29.3. The molecule has 1 saturated heterocycles. The van der Waals surface area contributed by atoms with Gasteiger partial charge in [-0.3, -0.25) is 14.5 Å². The molecule has 0 radical (unpaired) electrons. The predicted molar refractivity (Wildman–Crippen MR) is 145 cm³/mol. The van der Waals surface area contributed by atoms with Crippen molar-refractivity contribution in [3.05, 3.63) is 57.9 Å². The third-order valence-corrected chi connectivity index (χ3v) is 9.60. The zero-order valence-electron chi connectivity index (χ0n) is 23.4. The monoisotopic (exact) mass is 575 g/mol. The maximum atomic E-state index is 13.6. The summed E-state index contributed by atoms with van der Waals surface area (Å²) in [6.45, 7) is 6.76. The average molecular weight is 576 g/mol. The van der Waals surface area contributed by atoms with Gasteiger partial charge in [0.1, 0.15) is 11.5 Å². The van der Waals surface area contributed by atoms with Gasteiger partial charge in [-0.1, -0.05) is 12.6 Å². The minimum Gasteiger partial charge on any atom is -0.508 e. The van der Waals surface area contributed by atoms with Gasteiger partial charge in [0.25, 0.3) is 5.91 Å². The molecule has 0 bridgehead atoms. The van der Waals surface area contributed by atoms with Crippen LogP contribution in [-0.4, -0.2) is 81.8 Å². The number of Topliss-reactive ketones (excluding diaryl/α,β-unsaturated/α-hetero) is 1. The predicted octanol–water partition coefficient (Wildman–Crippen LogP) is 3.23. The first-order valence-corrected chi connectivity index (χ1v) is 13.8. The molecular weight excluding hydrogens is 539 g/mol. The fourth-order valence-corrected chi connectivity index (χ4v) is 7.69. The van der Waals surface area contributed by atoms with Gasteiger partial charge in [0.05, 0.1) is 11.5 Å². The quantitative estimate of drug-likeness (QED) is 0.406. The molecular formula is C30H36F3N3O5. The summed E-state index contributed by atoms with van der Waals surface area (Å²) in [6, 6.07) is 2.69. The number of benzene rings is 1. The number of allylic oxidation sites excluding steroid dienone is 2. The highest BCUT2D eigenvalue weighted by molar-refractivity contribution is 6.24. The summed E-state index contributed by atoms with van der Waals surface area (Å²) >= 11 is 0. The maximum Gasteiger partial charge on any atom is 0.391 e. The van der Waals surface area contributed by atoms with Crippen molar-refractivity contribution in [2.75, 3.05) is 27.2 Å².